The third kappa shape index (κ3) is 2.25. The van der Waals surface area contributed by atoms with Crippen molar-refractivity contribution in [1.29, 1.82) is 5.26 Å². The molecule has 0 unspecified atom stereocenters. The minimum absolute atomic E-state index is 0.0695. The van der Waals surface area contributed by atoms with Crippen molar-refractivity contribution in [3.8, 4) is 6.07 Å². The number of nitrogens with zero attached hydrogens (tertiary/aromatic N) is 2. The van der Waals surface area contributed by atoms with E-state index in [0.717, 1.165) is 6.07 Å². The minimum Gasteiger partial charge on any atom is -0.476 e. The Morgan fingerprint density at radius 3 is 2.69 bits per heavy atom. The molecule has 0 atom stereocenters. The molecule has 0 aromatic carbocycles. The first kappa shape index (κ1) is 12.3. The van der Waals surface area contributed by atoms with Crippen molar-refractivity contribution in [2.75, 3.05) is 0 Å². The molecule has 1 heterocycles. The summed E-state index contributed by atoms with van der Waals surface area (Å²) in [5.74, 6) is -1.77. The van der Waals surface area contributed by atoms with Gasteiger partial charge in [0.15, 0.2) is 5.69 Å². The second-order valence-corrected chi connectivity index (χ2v) is 3.04. The smallest absolute Gasteiger partial charge is 0.355 e. The molecule has 0 spiro atoms. The monoisotopic (exact) mass is 246 g/mol. The number of carbonyl (C=O) groups is 1. The molecular formula is C9H5ClF2N2O2. The van der Waals surface area contributed by atoms with Crippen LogP contribution >= 0.6 is 11.6 Å². The molecule has 16 heavy (non-hydrogen) atoms. The Morgan fingerprint density at radius 2 is 2.31 bits per heavy atom. The SMILES string of the molecule is N#Cc1cc(CCl)nc(C(=O)O)c1C(F)F. The second-order valence-electron chi connectivity index (χ2n) is 2.77. The zero-order valence-electron chi connectivity index (χ0n) is 7.75. The highest BCUT2D eigenvalue weighted by Gasteiger charge is 2.24. The summed E-state index contributed by atoms with van der Waals surface area (Å²) < 4.78 is 25.2. The van der Waals surface area contributed by atoms with E-state index < -0.39 is 29.2 Å². The van der Waals surface area contributed by atoms with Crippen LogP contribution in [0.3, 0.4) is 0 Å². The van der Waals surface area contributed by atoms with E-state index in [1.165, 1.54) is 6.07 Å². The molecule has 1 aromatic heterocycles. The van der Waals surface area contributed by atoms with Crippen molar-refractivity contribution >= 4 is 17.6 Å². The Labute approximate surface area is 94.1 Å². The summed E-state index contributed by atoms with van der Waals surface area (Å²) in [7, 11) is 0. The topological polar surface area (TPSA) is 74.0 Å². The normalized spacial score (nSPS) is 10.2. The number of aromatic carboxylic acids is 1. The summed E-state index contributed by atoms with van der Waals surface area (Å²) in [5.41, 5.74) is -2.05. The van der Waals surface area contributed by atoms with Gasteiger partial charge in [0.25, 0.3) is 6.43 Å². The number of nitriles is 1. The van der Waals surface area contributed by atoms with Gasteiger partial charge in [-0.05, 0) is 6.07 Å². The molecule has 1 rings (SSSR count). The fourth-order valence-electron chi connectivity index (χ4n) is 1.15. The highest BCUT2D eigenvalue weighted by atomic mass is 35.5. The molecule has 0 aliphatic heterocycles. The van der Waals surface area contributed by atoms with Gasteiger partial charge < -0.3 is 5.11 Å². The van der Waals surface area contributed by atoms with Gasteiger partial charge in [0.1, 0.15) is 0 Å². The first-order chi connectivity index (χ1) is 7.51. The average molecular weight is 247 g/mol. The van der Waals surface area contributed by atoms with Crippen molar-refractivity contribution in [2.24, 2.45) is 0 Å². The highest BCUT2D eigenvalue weighted by Crippen LogP contribution is 2.26. The van der Waals surface area contributed by atoms with Crippen LogP contribution < -0.4 is 0 Å². The molecule has 7 heteroatoms. The predicted molar refractivity (Wildman–Crippen MR) is 50.4 cm³/mol. The molecule has 1 N–H and O–H groups in total. The maximum atomic E-state index is 12.6. The first-order valence-electron chi connectivity index (χ1n) is 4.02. The van der Waals surface area contributed by atoms with Gasteiger partial charge in [0.2, 0.25) is 0 Å². The molecule has 0 fully saturated rings. The minimum atomic E-state index is -3.07. The molecule has 84 valence electrons. The molecule has 0 saturated carbocycles. The third-order valence-electron chi connectivity index (χ3n) is 1.79. The maximum Gasteiger partial charge on any atom is 0.355 e. The number of rotatable bonds is 3. The van der Waals surface area contributed by atoms with Gasteiger partial charge in [0.05, 0.1) is 28.8 Å². The third-order valence-corrected chi connectivity index (χ3v) is 2.06. The predicted octanol–water partition coefficient (Wildman–Crippen LogP) is 2.33. The largest absolute Gasteiger partial charge is 0.476 e. The quantitative estimate of drug-likeness (QED) is 0.831. The van der Waals surface area contributed by atoms with Crippen LogP contribution in [0.1, 0.15) is 33.7 Å². The van der Waals surface area contributed by atoms with Crippen LogP contribution in [0.25, 0.3) is 0 Å². The molecule has 1 aromatic rings. The van der Waals surface area contributed by atoms with Crippen LogP contribution in [0.2, 0.25) is 0 Å². The van der Waals surface area contributed by atoms with Crippen molar-refractivity contribution in [1.82, 2.24) is 4.98 Å². The van der Waals surface area contributed by atoms with Gasteiger partial charge in [0, 0.05) is 0 Å². The number of carboxylic acids is 1. The Balaban J connectivity index is 3.55. The Morgan fingerprint density at radius 1 is 1.69 bits per heavy atom. The Kier molecular flexibility index (Phi) is 3.74. The van der Waals surface area contributed by atoms with Crippen LogP contribution in [0.15, 0.2) is 6.07 Å². The van der Waals surface area contributed by atoms with E-state index in [9.17, 15) is 13.6 Å². The van der Waals surface area contributed by atoms with E-state index in [4.69, 9.17) is 22.0 Å². The van der Waals surface area contributed by atoms with Gasteiger partial charge in [-0.25, -0.2) is 18.6 Å². The van der Waals surface area contributed by atoms with Crippen LogP contribution in [-0.2, 0) is 5.88 Å². The Bertz CT molecular complexity index is 471. The molecule has 0 saturated heterocycles. The zero-order chi connectivity index (χ0) is 12.3. The molecular weight excluding hydrogens is 242 g/mol. The van der Waals surface area contributed by atoms with E-state index >= 15 is 0 Å². The number of carboxylic acid groups (broad SMARTS) is 1. The molecule has 0 aliphatic rings. The molecule has 0 radical (unpaired) electrons. The fourth-order valence-corrected chi connectivity index (χ4v) is 1.29. The van der Waals surface area contributed by atoms with Crippen molar-refractivity contribution in [3.63, 3.8) is 0 Å². The van der Waals surface area contributed by atoms with Gasteiger partial charge in [-0.2, -0.15) is 5.26 Å². The lowest BCUT2D eigenvalue weighted by Gasteiger charge is -2.07. The van der Waals surface area contributed by atoms with Crippen LogP contribution in [0.4, 0.5) is 8.78 Å². The van der Waals surface area contributed by atoms with Crippen molar-refractivity contribution in [3.05, 3.63) is 28.6 Å². The molecule has 0 aliphatic carbocycles. The molecule has 0 bridgehead atoms. The summed E-state index contributed by atoms with van der Waals surface area (Å²) in [5, 5.41) is 17.4. The maximum absolute atomic E-state index is 12.6. The molecule has 0 amide bonds. The average Bonchev–Trinajstić information content (AvgIpc) is 2.26. The molecule has 4 nitrogen and oxygen atoms in total. The first-order valence-corrected chi connectivity index (χ1v) is 4.56. The van der Waals surface area contributed by atoms with E-state index in [2.05, 4.69) is 4.98 Å². The van der Waals surface area contributed by atoms with E-state index in [1.807, 2.05) is 0 Å². The summed E-state index contributed by atoms with van der Waals surface area (Å²) in [6.45, 7) is 0. The Hall–Kier alpha value is -1.74. The van der Waals surface area contributed by atoms with Gasteiger partial charge in [-0.1, -0.05) is 0 Å². The van der Waals surface area contributed by atoms with E-state index in [1.54, 1.807) is 0 Å². The lowest BCUT2D eigenvalue weighted by Crippen LogP contribution is -2.10. The zero-order valence-corrected chi connectivity index (χ0v) is 8.50. The summed E-state index contributed by atoms with van der Waals surface area (Å²) in [6, 6.07) is 2.56. The van der Waals surface area contributed by atoms with Gasteiger partial charge in [-0.15, -0.1) is 11.6 Å². The van der Waals surface area contributed by atoms with Crippen molar-refractivity contribution in [2.45, 2.75) is 12.3 Å². The van der Waals surface area contributed by atoms with E-state index in [-0.39, 0.29) is 11.6 Å². The number of aromatic nitrogens is 1. The number of halogens is 3. The number of alkyl halides is 3. The summed E-state index contributed by atoms with van der Waals surface area (Å²) in [6.07, 6.45) is -3.07. The van der Waals surface area contributed by atoms with Crippen molar-refractivity contribution < 1.29 is 18.7 Å². The number of pyridine rings is 1. The van der Waals surface area contributed by atoms with Gasteiger partial charge >= 0.3 is 5.97 Å². The number of hydrogen-bond acceptors (Lipinski definition) is 3. The number of hydrogen-bond donors (Lipinski definition) is 1. The lowest BCUT2D eigenvalue weighted by molar-refractivity contribution is 0.0676. The summed E-state index contributed by atoms with van der Waals surface area (Å²) >= 11 is 5.41. The summed E-state index contributed by atoms with van der Waals surface area (Å²) in [4.78, 5) is 14.2. The van der Waals surface area contributed by atoms with Crippen LogP contribution in [0.5, 0.6) is 0 Å². The highest BCUT2D eigenvalue weighted by molar-refractivity contribution is 6.16. The second kappa shape index (κ2) is 4.86. The fraction of sp³-hybridized carbons (Fsp3) is 0.222. The lowest BCUT2D eigenvalue weighted by atomic mass is 10.1. The van der Waals surface area contributed by atoms with Gasteiger partial charge in [-0.3, -0.25) is 0 Å². The standard InChI is InChI=1S/C9H5ClF2N2O2/c10-2-5-1-4(3-13)6(8(11)12)7(14-5)9(15)16/h1,8H,2H2,(H,15,16). The van der Waals surface area contributed by atoms with Crippen LogP contribution in [0, 0.1) is 11.3 Å². The van der Waals surface area contributed by atoms with E-state index in [0.29, 0.717) is 0 Å². The van der Waals surface area contributed by atoms with Crippen LogP contribution in [-0.4, -0.2) is 16.1 Å².